The van der Waals surface area contributed by atoms with Crippen LogP contribution in [0.15, 0.2) is 151 Å². The lowest BCUT2D eigenvalue weighted by Gasteiger charge is -2.35. The summed E-state index contributed by atoms with van der Waals surface area (Å²) in [5.74, 6) is -0.921. The van der Waals surface area contributed by atoms with Gasteiger partial charge in [-0.15, -0.1) is 0 Å². The minimum atomic E-state index is -0.849. The van der Waals surface area contributed by atoms with E-state index in [0.29, 0.717) is 19.5 Å². The number of aryl methyl sites for hydroxylation is 1. The molecular weight excluding hydrogens is 829 g/mol. The molecule has 0 saturated carbocycles. The van der Waals surface area contributed by atoms with Crippen molar-refractivity contribution in [2.75, 3.05) is 25.1 Å². The molecule has 2 atom stereocenters. The van der Waals surface area contributed by atoms with Crippen molar-refractivity contribution < 1.29 is 29.1 Å². The zero-order valence-corrected chi connectivity index (χ0v) is 39.7. The van der Waals surface area contributed by atoms with Crippen LogP contribution in [0.2, 0.25) is 0 Å². The van der Waals surface area contributed by atoms with E-state index in [4.69, 9.17) is 4.74 Å². The van der Waals surface area contributed by atoms with Crippen LogP contribution in [0.1, 0.15) is 113 Å². The van der Waals surface area contributed by atoms with Gasteiger partial charge < -0.3 is 19.8 Å². The molecule has 0 fully saturated rings. The van der Waals surface area contributed by atoms with E-state index in [0.717, 1.165) is 71.6 Å². The van der Waals surface area contributed by atoms with Crippen molar-refractivity contribution in [1.82, 2.24) is 0 Å². The van der Waals surface area contributed by atoms with Gasteiger partial charge in [0.05, 0.1) is 24.6 Å². The summed E-state index contributed by atoms with van der Waals surface area (Å²) in [4.78, 5) is 27.3. The average molecular weight is 896 g/mol. The predicted octanol–water partition coefficient (Wildman–Crippen LogP) is 13.9. The van der Waals surface area contributed by atoms with Gasteiger partial charge in [0.1, 0.15) is 12.2 Å². The van der Waals surface area contributed by atoms with Crippen molar-refractivity contribution in [2.45, 2.75) is 115 Å². The first-order chi connectivity index (χ1) is 32.7. The maximum absolute atomic E-state index is 12.6. The van der Waals surface area contributed by atoms with Crippen molar-refractivity contribution in [3.8, 4) is 5.75 Å². The van der Waals surface area contributed by atoms with Gasteiger partial charge in [-0.2, -0.15) is 4.58 Å². The Morgan fingerprint density at radius 1 is 0.687 bits per heavy atom. The molecule has 2 aliphatic rings. The Morgan fingerprint density at radius 2 is 1.28 bits per heavy atom. The van der Waals surface area contributed by atoms with E-state index in [2.05, 4.69) is 157 Å². The quantitative estimate of drug-likeness (QED) is 0.0378. The molecule has 6 aromatic carbocycles. The van der Waals surface area contributed by atoms with Gasteiger partial charge >= 0.3 is 11.9 Å². The number of carbonyl (C=O) groups is 2. The van der Waals surface area contributed by atoms with Crippen molar-refractivity contribution in [3.63, 3.8) is 0 Å². The summed E-state index contributed by atoms with van der Waals surface area (Å²) in [5.41, 5.74) is 8.11. The molecule has 0 aliphatic carbocycles. The second kappa shape index (κ2) is 21.4. The van der Waals surface area contributed by atoms with Crippen LogP contribution in [0.3, 0.4) is 0 Å². The number of rotatable bonds is 23. The first kappa shape index (κ1) is 47.0. The fourth-order valence-electron chi connectivity index (χ4n) is 11.3. The molecule has 2 heterocycles. The lowest BCUT2D eigenvalue weighted by atomic mass is 9.69. The van der Waals surface area contributed by atoms with Crippen LogP contribution < -0.4 is 9.64 Å². The summed E-state index contributed by atoms with van der Waals surface area (Å²) in [7, 11) is 1.68. The fraction of sp³-hybridized carbons (Fsp3) is 0.350. The highest BCUT2D eigenvalue weighted by Crippen LogP contribution is 2.58. The Kier molecular flexibility index (Phi) is 15.1. The van der Waals surface area contributed by atoms with E-state index < -0.39 is 22.8 Å². The largest absolute Gasteiger partial charge is 0.497 e. The Morgan fingerprint density at radius 3 is 1.94 bits per heavy atom. The smallest absolute Gasteiger partial charge is 0.309 e. The third-order valence-electron chi connectivity index (χ3n) is 14.5. The number of allylic oxidation sites excluding steroid dienone is 4. The molecular formula is C60H67N2O5+. The second-order valence-electron chi connectivity index (χ2n) is 18.9. The van der Waals surface area contributed by atoms with Crippen LogP contribution in [0.25, 0.3) is 21.5 Å². The topological polar surface area (TPSA) is 90.1 Å². The van der Waals surface area contributed by atoms with Gasteiger partial charge in [-0.3, -0.25) is 9.59 Å². The van der Waals surface area contributed by atoms with Gasteiger partial charge in [0, 0.05) is 40.7 Å². The van der Waals surface area contributed by atoms with Crippen LogP contribution in [-0.4, -0.2) is 52.6 Å². The molecule has 0 saturated heterocycles. The number of methoxy groups -OCH3 is 1. The number of unbranched alkanes of at least 4 members (excludes halogenated alkanes) is 7. The van der Waals surface area contributed by atoms with Crippen molar-refractivity contribution >= 4 is 50.6 Å². The van der Waals surface area contributed by atoms with Crippen molar-refractivity contribution in [2.24, 2.45) is 0 Å². The Balaban J connectivity index is 1.34. The first-order valence-electron chi connectivity index (χ1n) is 24.6. The zero-order valence-electron chi connectivity index (χ0n) is 39.7. The number of benzene rings is 6. The summed E-state index contributed by atoms with van der Waals surface area (Å²) >= 11 is 0. The van der Waals surface area contributed by atoms with Crippen LogP contribution >= 0.6 is 0 Å². The Bertz CT molecular complexity index is 2790. The number of fused-ring (bicyclic) bond motifs is 7. The van der Waals surface area contributed by atoms with Crippen molar-refractivity contribution in [1.29, 1.82) is 0 Å². The van der Waals surface area contributed by atoms with Gasteiger partial charge in [0.25, 0.3) is 0 Å². The fourth-order valence-corrected chi connectivity index (χ4v) is 11.3. The molecule has 2 aliphatic heterocycles. The second-order valence-corrected chi connectivity index (χ2v) is 18.9. The number of hydrogen-bond donors (Lipinski definition) is 2. The monoisotopic (exact) mass is 896 g/mol. The number of hydrogen-bond acceptors (Lipinski definition) is 4. The normalized spacial score (nSPS) is 18.4. The maximum Gasteiger partial charge on any atom is 0.309 e. The summed E-state index contributed by atoms with van der Waals surface area (Å²) in [6.07, 6.45) is 19.7. The predicted molar refractivity (Wildman–Crippen MR) is 274 cm³/mol. The molecule has 0 radical (unpaired) electrons. The highest BCUT2D eigenvalue weighted by Gasteiger charge is 2.50. The molecule has 0 bridgehead atoms. The van der Waals surface area contributed by atoms with E-state index in [1.807, 2.05) is 12.1 Å². The molecule has 0 amide bonds. The van der Waals surface area contributed by atoms with Gasteiger partial charge in [-0.05, 0) is 83.7 Å². The molecule has 7 heteroatoms. The molecule has 346 valence electrons. The lowest BCUT2D eigenvalue weighted by Crippen LogP contribution is -2.34. The molecule has 7 nitrogen and oxygen atoms in total. The first-order valence-corrected chi connectivity index (χ1v) is 24.6. The molecule has 2 unspecified atom stereocenters. The van der Waals surface area contributed by atoms with Crippen LogP contribution in [0, 0.1) is 0 Å². The minimum absolute atomic E-state index is 0.0131. The number of aliphatic carboxylic acids is 2. The van der Waals surface area contributed by atoms with E-state index >= 15 is 0 Å². The summed E-state index contributed by atoms with van der Waals surface area (Å²) in [6, 6.07) is 44.9. The van der Waals surface area contributed by atoms with Gasteiger partial charge in [-0.1, -0.05) is 174 Å². The van der Waals surface area contributed by atoms with Gasteiger partial charge in [0.2, 0.25) is 5.69 Å². The highest BCUT2D eigenvalue weighted by atomic mass is 16.5. The Labute approximate surface area is 397 Å². The molecule has 6 aromatic rings. The minimum Gasteiger partial charge on any atom is -0.497 e. The standard InChI is InChI=1S/C60H66N2O5/c1-4-5-6-7-8-9-10-21-38-60(39-35-44-23-13-11-14-24-44)54(62(41-37-56(65)66)58-50-30-20-18-28-48(50)47-27-17-19-29-49(47)57(58)60)32-22-31-53-59(2,43-45-25-15-12-16-26-45)51-42-46(67-3)33-34-52(51)61(53)40-36-55(63)64/h11-20,22-34,42H,4-10,21,35-41,43H2,1-3H3,(H-,63,64,65,66)/p+1. The lowest BCUT2D eigenvalue weighted by molar-refractivity contribution is -0.436. The SMILES string of the molecule is CCCCCCCCCCC1(CCc2ccccc2)/C(=C/C=C/C2=[N+](CCC(=O)O)c3ccc(OC)cc3C2(C)Cc2ccccc2)N(CCC(=O)O)c2c1c1ccccc1c1ccccc21. The van der Waals surface area contributed by atoms with Gasteiger partial charge in [0.15, 0.2) is 12.3 Å². The van der Waals surface area contributed by atoms with Crippen LogP contribution in [-0.2, 0) is 33.3 Å². The summed E-state index contributed by atoms with van der Waals surface area (Å²) in [6.45, 7) is 5.17. The van der Waals surface area contributed by atoms with Crippen LogP contribution in [0.5, 0.6) is 5.75 Å². The maximum atomic E-state index is 12.6. The summed E-state index contributed by atoms with van der Waals surface area (Å²) in [5, 5.41) is 25.2. The molecule has 8 rings (SSSR count). The third-order valence-corrected chi connectivity index (χ3v) is 14.5. The number of nitrogens with zero attached hydrogens (tertiary/aromatic N) is 2. The molecule has 0 spiro atoms. The molecule has 0 aromatic heterocycles. The number of anilines is 1. The van der Waals surface area contributed by atoms with Crippen molar-refractivity contribution in [3.05, 3.63) is 174 Å². The Hall–Kier alpha value is -6.47. The number of carboxylic acids is 2. The van der Waals surface area contributed by atoms with E-state index in [1.54, 1.807) is 7.11 Å². The summed E-state index contributed by atoms with van der Waals surface area (Å²) < 4.78 is 7.99. The number of carboxylic acid groups (broad SMARTS) is 2. The molecule has 2 N–H and O–H groups in total. The van der Waals surface area contributed by atoms with E-state index in [9.17, 15) is 19.8 Å². The zero-order chi connectivity index (χ0) is 46.8. The highest BCUT2D eigenvalue weighted by molar-refractivity contribution is 6.17. The molecule has 67 heavy (non-hydrogen) atoms. The van der Waals surface area contributed by atoms with Gasteiger partial charge in [-0.25, -0.2) is 0 Å². The average Bonchev–Trinajstić information content (AvgIpc) is 3.74. The van der Waals surface area contributed by atoms with E-state index in [-0.39, 0.29) is 12.8 Å². The van der Waals surface area contributed by atoms with E-state index in [1.165, 1.54) is 71.4 Å². The number of ether oxygens (including phenoxy) is 1. The third kappa shape index (κ3) is 9.98. The van der Waals surface area contributed by atoms with Crippen LogP contribution in [0.4, 0.5) is 11.4 Å².